The predicted octanol–water partition coefficient (Wildman–Crippen LogP) is 2.43. The molecule has 0 N–H and O–H groups in total. The highest BCUT2D eigenvalue weighted by Crippen LogP contribution is 2.27. The minimum absolute atomic E-state index is 0.0430. The SMILES string of the molecule is CN(CC1CCC1)C(=O)c1ccc(C#N)cc1. The van der Waals surface area contributed by atoms with Crippen molar-refractivity contribution in [3.05, 3.63) is 35.4 Å². The first-order valence-electron chi connectivity index (χ1n) is 5.96. The topological polar surface area (TPSA) is 44.1 Å². The van der Waals surface area contributed by atoms with Gasteiger partial charge in [0.1, 0.15) is 0 Å². The molecule has 0 spiro atoms. The lowest BCUT2D eigenvalue weighted by molar-refractivity contribution is 0.0745. The van der Waals surface area contributed by atoms with Gasteiger partial charge in [-0.15, -0.1) is 0 Å². The van der Waals surface area contributed by atoms with Crippen LogP contribution in [0.3, 0.4) is 0 Å². The summed E-state index contributed by atoms with van der Waals surface area (Å²) in [6.45, 7) is 0.846. The van der Waals surface area contributed by atoms with E-state index in [1.165, 1.54) is 19.3 Å². The third-order valence-electron chi connectivity index (χ3n) is 3.36. The summed E-state index contributed by atoms with van der Waals surface area (Å²) >= 11 is 0. The van der Waals surface area contributed by atoms with Crippen molar-refractivity contribution in [3.63, 3.8) is 0 Å². The van der Waals surface area contributed by atoms with Crippen molar-refractivity contribution in [3.8, 4) is 6.07 Å². The first kappa shape index (κ1) is 11.7. The zero-order chi connectivity index (χ0) is 12.3. The number of nitrogens with zero attached hydrogens (tertiary/aromatic N) is 2. The van der Waals surface area contributed by atoms with E-state index in [-0.39, 0.29) is 5.91 Å². The Morgan fingerprint density at radius 1 is 1.41 bits per heavy atom. The van der Waals surface area contributed by atoms with E-state index >= 15 is 0 Å². The summed E-state index contributed by atoms with van der Waals surface area (Å²) in [7, 11) is 1.85. The summed E-state index contributed by atoms with van der Waals surface area (Å²) < 4.78 is 0. The van der Waals surface area contributed by atoms with Crippen molar-refractivity contribution in [2.45, 2.75) is 19.3 Å². The molecule has 17 heavy (non-hydrogen) atoms. The van der Waals surface area contributed by atoms with Gasteiger partial charge in [0, 0.05) is 19.2 Å². The monoisotopic (exact) mass is 228 g/mol. The highest BCUT2D eigenvalue weighted by Gasteiger charge is 2.21. The van der Waals surface area contributed by atoms with Gasteiger partial charge in [0.25, 0.3) is 5.91 Å². The lowest BCUT2D eigenvalue weighted by Crippen LogP contribution is -2.34. The summed E-state index contributed by atoms with van der Waals surface area (Å²) in [5, 5.41) is 8.69. The maximum Gasteiger partial charge on any atom is 0.253 e. The Morgan fingerprint density at radius 3 is 2.53 bits per heavy atom. The fourth-order valence-electron chi connectivity index (χ4n) is 2.05. The van der Waals surface area contributed by atoms with Crippen LogP contribution in [0.5, 0.6) is 0 Å². The molecule has 1 amide bonds. The van der Waals surface area contributed by atoms with Crippen LogP contribution in [0.4, 0.5) is 0 Å². The molecule has 3 nitrogen and oxygen atoms in total. The summed E-state index contributed by atoms with van der Waals surface area (Å²) in [4.78, 5) is 13.8. The Kier molecular flexibility index (Phi) is 3.43. The van der Waals surface area contributed by atoms with Crippen LogP contribution in [0.2, 0.25) is 0 Å². The number of rotatable bonds is 3. The average Bonchev–Trinajstić information content (AvgIpc) is 2.32. The van der Waals surface area contributed by atoms with Gasteiger partial charge < -0.3 is 4.90 Å². The first-order valence-corrected chi connectivity index (χ1v) is 5.96. The highest BCUT2D eigenvalue weighted by atomic mass is 16.2. The third-order valence-corrected chi connectivity index (χ3v) is 3.36. The molecule has 1 aliphatic rings. The molecular formula is C14H16N2O. The highest BCUT2D eigenvalue weighted by molar-refractivity contribution is 5.94. The van der Waals surface area contributed by atoms with Crippen molar-refractivity contribution in [1.82, 2.24) is 4.90 Å². The molecule has 1 fully saturated rings. The molecule has 0 unspecified atom stereocenters. The van der Waals surface area contributed by atoms with Crippen LogP contribution < -0.4 is 0 Å². The number of amides is 1. The van der Waals surface area contributed by atoms with Crippen LogP contribution in [0.15, 0.2) is 24.3 Å². The molecule has 0 atom stereocenters. The van der Waals surface area contributed by atoms with E-state index in [0.29, 0.717) is 17.0 Å². The van der Waals surface area contributed by atoms with Gasteiger partial charge in [0.15, 0.2) is 0 Å². The second kappa shape index (κ2) is 5.01. The maximum absolute atomic E-state index is 12.1. The van der Waals surface area contributed by atoms with Gasteiger partial charge in [0.05, 0.1) is 11.6 Å². The number of hydrogen-bond donors (Lipinski definition) is 0. The van der Waals surface area contributed by atoms with E-state index in [2.05, 4.69) is 0 Å². The third kappa shape index (κ3) is 2.65. The van der Waals surface area contributed by atoms with Crippen LogP contribution >= 0.6 is 0 Å². The minimum Gasteiger partial charge on any atom is -0.341 e. The van der Waals surface area contributed by atoms with Crippen LogP contribution in [-0.2, 0) is 0 Å². The van der Waals surface area contributed by atoms with Crippen molar-refractivity contribution >= 4 is 5.91 Å². The average molecular weight is 228 g/mol. The number of hydrogen-bond acceptors (Lipinski definition) is 2. The standard InChI is InChI=1S/C14H16N2O/c1-16(10-12-3-2-4-12)14(17)13-7-5-11(9-15)6-8-13/h5-8,12H,2-4,10H2,1H3. The fraction of sp³-hybridized carbons (Fsp3) is 0.429. The molecule has 3 heteroatoms. The summed E-state index contributed by atoms with van der Waals surface area (Å²) in [6.07, 6.45) is 3.78. The number of nitriles is 1. The lowest BCUT2D eigenvalue weighted by Gasteiger charge is -2.30. The Hall–Kier alpha value is -1.82. The largest absolute Gasteiger partial charge is 0.341 e. The number of carbonyl (C=O) groups is 1. The Bertz CT molecular complexity index is 440. The molecule has 1 saturated carbocycles. The van der Waals surface area contributed by atoms with Crippen LogP contribution in [-0.4, -0.2) is 24.4 Å². The second-order valence-electron chi connectivity index (χ2n) is 4.67. The molecule has 0 aliphatic heterocycles. The van der Waals surface area contributed by atoms with Gasteiger partial charge in [-0.2, -0.15) is 5.26 Å². The number of benzene rings is 1. The van der Waals surface area contributed by atoms with Crippen LogP contribution in [0.25, 0.3) is 0 Å². The van der Waals surface area contributed by atoms with E-state index in [1.807, 2.05) is 13.1 Å². The Labute approximate surface area is 102 Å². The molecule has 0 radical (unpaired) electrons. The van der Waals surface area contributed by atoms with Gasteiger partial charge in [0.2, 0.25) is 0 Å². The van der Waals surface area contributed by atoms with E-state index in [0.717, 1.165) is 6.54 Å². The molecule has 0 saturated heterocycles. The van der Waals surface area contributed by atoms with Gasteiger partial charge in [-0.05, 0) is 43.0 Å². The molecule has 2 rings (SSSR count). The van der Waals surface area contributed by atoms with Crippen molar-refractivity contribution in [2.75, 3.05) is 13.6 Å². The van der Waals surface area contributed by atoms with Gasteiger partial charge >= 0.3 is 0 Å². The quantitative estimate of drug-likeness (QED) is 0.797. The van der Waals surface area contributed by atoms with Crippen molar-refractivity contribution < 1.29 is 4.79 Å². The van der Waals surface area contributed by atoms with E-state index < -0.39 is 0 Å². The van der Waals surface area contributed by atoms with E-state index in [4.69, 9.17) is 5.26 Å². The van der Waals surface area contributed by atoms with E-state index in [9.17, 15) is 4.79 Å². The Morgan fingerprint density at radius 2 is 2.06 bits per heavy atom. The first-order chi connectivity index (χ1) is 8.20. The zero-order valence-electron chi connectivity index (χ0n) is 10.0. The molecule has 1 aliphatic carbocycles. The molecular weight excluding hydrogens is 212 g/mol. The molecule has 1 aromatic carbocycles. The zero-order valence-corrected chi connectivity index (χ0v) is 10.0. The molecule has 0 bridgehead atoms. The minimum atomic E-state index is 0.0430. The van der Waals surface area contributed by atoms with Crippen LogP contribution in [0, 0.1) is 17.2 Å². The predicted molar refractivity (Wildman–Crippen MR) is 65.5 cm³/mol. The smallest absolute Gasteiger partial charge is 0.253 e. The van der Waals surface area contributed by atoms with Crippen LogP contribution in [0.1, 0.15) is 35.2 Å². The number of carbonyl (C=O) groups excluding carboxylic acids is 1. The second-order valence-corrected chi connectivity index (χ2v) is 4.67. The maximum atomic E-state index is 12.1. The summed E-state index contributed by atoms with van der Waals surface area (Å²) in [5.41, 5.74) is 1.24. The fourth-order valence-corrected chi connectivity index (χ4v) is 2.05. The molecule has 88 valence electrons. The summed E-state index contributed by atoms with van der Waals surface area (Å²) in [5.74, 6) is 0.726. The Balaban J connectivity index is 1.99. The van der Waals surface area contributed by atoms with Crippen molar-refractivity contribution in [1.29, 1.82) is 5.26 Å². The molecule has 0 aromatic heterocycles. The van der Waals surface area contributed by atoms with E-state index in [1.54, 1.807) is 29.2 Å². The van der Waals surface area contributed by atoms with Gasteiger partial charge in [-0.3, -0.25) is 4.79 Å². The molecule has 0 heterocycles. The normalized spacial score (nSPS) is 14.8. The summed E-state index contributed by atoms with van der Waals surface area (Å²) in [6, 6.07) is 8.86. The van der Waals surface area contributed by atoms with Gasteiger partial charge in [-0.25, -0.2) is 0 Å². The van der Waals surface area contributed by atoms with Gasteiger partial charge in [-0.1, -0.05) is 6.42 Å². The van der Waals surface area contributed by atoms with Crippen molar-refractivity contribution in [2.24, 2.45) is 5.92 Å². The lowest BCUT2D eigenvalue weighted by atomic mass is 9.85. The molecule has 1 aromatic rings.